The molecule has 2 fully saturated rings. The minimum Gasteiger partial charge on any atom is -0.490 e. The second-order valence-electron chi connectivity index (χ2n) is 9.29. The average molecular weight is 472 g/mol. The molecule has 0 unspecified atom stereocenters. The Morgan fingerprint density at radius 2 is 1.79 bits per heavy atom. The minimum atomic E-state index is -0.323. The molecule has 1 aromatic carbocycles. The van der Waals surface area contributed by atoms with Gasteiger partial charge in [-0.25, -0.2) is 4.39 Å². The summed E-state index contributed by atoms with van der Waals surface area (Å²) in [5, 5.41) is 4.44. The third kappa shape index (κ3) is 5.58. The van der Waals surface area contributed by atoms with Crippen LogP contribution in [0.25, 0.3) is 0 Å². The highest BCUT2D eigenvalue weighted by atomic mass is 19.1. The van der Waals surface area contributed by atoms with Crippen LogP contribution in [-0.4, -0.2) is 88.7 Å². The number of hydrogen-bond donors (Lipinski definition) is 0. The fourth-order valence-corrected chi connectivity index (χ4v) is 4.74. The number of carbonyl (C=O) groups excluding carboxylic acids is 2. The summed E-state index contributed by atoms with van der Waals surface area (Å²) >= 11 is 0. The number of piperazine rings is 1. The van der Waals surface area contributed by atoms with Gasteiger partial charge in [0, 0.05) is 70.3 Å². The van der Waals surface area contributed by atoms with E-state index in [1.165, 1.54) is 12.1 Å². The Labute approximate surface area is 200 Å². The molecule has 4 rings (SSSR count). The van der Waals surface area contributed by atoms with Crippen LogP contribution in [0.5, 0.6) is 5.75 Å². The van der Waals surface area contributed by atoms with E-state index in [1.807, 2.05) is 29.5 Å². The number of carbonyl (C=O) groups is 2. The first-order valence-electron chi connectivity index (χ1n) is 12.1. The topological polar surface area (TPSA) is 70.9 Å². The minimum absolute atomic E-state index is 0.0891. The van der Waals surface area contributed by atoms with Gasteiger partial charge in [-0.2, -0.15) is 5.10 Å². The Morgan fingerprint density at radius 3 is 2.44 bits per heavy atom. The largest absolute Gasteiger partial charge is 0.490 e. The third-order valence-electron chi connectivity index (χ3n) is 6.85. The number of halogens is 1. The van der Waals surface area contributed by atoms with Gasteiger partial charge in [-0.3, -0.25) is 14.3 Å². The summed E-state index contributed by atoms with van der Waals surface area (Å²) in [6.07, 6.45) is 0.667. The van der Waals surface area contributed by atoms with Crippen LogP contribution in [0, 0.1) is 18.7 Å². The Bertz CT molecular complexity index is 1000. The molecule has 2 aliphatic rings. The molecule has 1 aromatic heterocycles. The summed E-state index contributed by atoms with van der Waals surface area (Å²) in [5.74, 6) is 0.0555. The first kappa shape index (κ1) is 24.2. The molecule has 34 heavy (non-hydrogen) atoms. The van der Waals surface area contributed by atoms with Crippen LogP contribution in [0.1, 0.15) is 35.9 Å². The lowest BCUT2D eigenvalue weighted by molar-refractivity contribution is -0.135. The van der Waals surface area contributed by atoms with Gasteiger partial charge in [-0.1, -0.05) is 0 Å². The zero-order valence-electron chi connectivity index (χ0n) is 20.2. The number of aromatic nitrogens is 2. The number of aryl methyl sites for hydroxylation is 2. The van der Waals surface area contributed by atoms with E-state index in [9.17, 15) is 14.0 Å². The molecule has 3 heterocycles. The Kier molecular flexibility index (Phi) is 7.50. The smallest absolute Gasteiger partial charge is 0.274 e. The monoisotopic (exact) mass is 471 g/mol. The van der Waals surface area contributed by atoms with E-state index in [4.69, 9.17) is 4.74 Å². The number of amides is 2. The van der Waals surface area contributed by atoms with Crippen molar-refractivity contribution in [2.45, 2.75) is 39.3 Å². The Balaban J connectivity index is 1.48. The fourth-order valence-electron chi connectivity index (χ4n) is 4.74. The second kappa shape index (κ2) is 10.5. The molecule has 0 spiro atoms. The summed E-state index contributed by atoms with van der Waals surface area (Å²) in [6.45, 7) is 8.70. The lowest BCUT2D eigenvalue weighted by Crippen LogP contribution is -2.51. The van der Waals surface area contributed by atoms with Crippen molar-refractivity contribution in [3.05, 3.63) is 47.5 Å². The third-order valence-corrected chi connectivity index (χ3v) is 6.85. The lowest BCUT2D eigenvalue weighted by Gasteiger charge is -2.39. The first-order chi connectivity index (χ1) is 16.3. The van der Waals surface area contributed by atoms with E-state index in [-0.39, 0.29) is 29.7 Å². The molecule has 0 radical (unpaired) electrons. The van der Waals surface area contributed by atoms with Crippen molar-refractivity contribution < 1.29 is 18.7 Å². The maximum absolute atomic E-state index is 13.3. The molecule has 2 aromatic rings. The van der Waals surface area contributed by atoms with Crippen LogP contribution in [0.3, 0.4) is 0 Å². The van der Waals surface area contributed by atoms with Crippen molar-refractivity contribution in [2.75, 3.05) is 46.3 Å². The molecular formula is C25H34FN5O3. The molecule has 2 aliphatic heterocycles. The Morgan fingerprint density at radius 1 is 1.09 bits per heavy atom. The van der Waals surface area contributed by atoms with Gasteiger partial charge in [0.05, 0.1) is 0 Å². The first-order valence-corrected chi connectivity index (χ1v) is 12.1. The molecule has 184 valence electrons. The van der Waals surface area contributed by atoms with Gasteiger partial charge in [-0.05, 0) is 51.2 Å². The highest BCUT2D eigenvalue weighted by molar-refractivity contribution is 5.92. The fraction of sp³-hybridized carbons (Fsp3) is 0.560. The Hall–Kier alpha value is -2.94. The number of likely N-dealkylation sites (tertiary alicyclic amines) is 1. The van der Waals surface area contributed by atoms with Gasteiger partial charge in [0.15, 0.2) is 5.69 Å². The van der Waals surface area contributed by atoms with Gasteiger partial charge in [0.1, 0.15) is 17.7 Å². The lowest BCUT2D eigenvalue weighted by atomic mass is 9.90. The number of piperidine rings is 1. The molecule has 2 amide bonds. The molecule has 0 aliphatic carbocycles. The van der Waals surface area contributed by atoms with Crippen LogP contribution in [-0.2, 0) is 11.3 Å². The van der Waals surface area contributed by atoms with E-state index in [0.717, 1.165) is 18.8 Å². The maximum atomic E-state index is 13.3. The predicted molar refractivity (Wildman–Crippen MR) is 126 cm³/mol. The van der Waals surface area contributed by atoms with Crippen molar-refractivity contribution >= 4 is 11.8 Å². The molecule has 8 nitrogen and oxygen atoms in total. The van der Waals surface area contributed by atoms with Crippen molar-refractivity contribution in [1.82, 2.24) is 24.5 Å². The SMILES string of the molecule is CCn1nc(C(=O)N2CC[C@H](Oc3ccc(F)cc3)[C@@H](CC(=O)N3CCN(C)CC3)C2)cc1C. The second-order valence-corrected chi connectivity index (χ2v) is 9.29. The van der Waals surface area contributed by atoms with Crippen LogP contribution in [0.15, 0.2) is 30.3 Å². The van der Waals surface area contributed by atoms with E-state index in [1.54, 1.807) is 17.0 Å². The summed E-state index contributed by atoms with van der Waals surface area (Å²) in [6, 6.07) is 7.76. The van der Waals surface area contributed by atoms with Crippen LogP contribution >= 0.6 is 0 Å². The van der Waals surface area contributed by atoms with Crippen LogP contribution in [0.4, 0.5) is 4.39 Å². The maximum Gasteiger partial charge on any atom is 0.274 e. The van der Waals surface area contributed by atoms with Gasteiger partial charge >= 0.3 is 0 Å². The van der Waals surface area contributed by atoms with E-state index < -0.39 is 0 Å². The predicted octanol–water partition coefficient (Wildman–Crippen LogP) is 2.42. The van der Waals surface area contributed by atoms with Crippen molar-refractivity contribution in [1.29, 1.82) is 0 Å². The van der Waals surface area contributed by atoms with Gasteiger partial charge in [0.2, 0.25) is 5.91 Å². The number of nitrogens with zero attached hydrogens (tertiary/aromatic N) is 5. The molecule has 0 bridgehead atoms. The number of likely N-dealkylation sites (N-methyl/N-ethyl adjacent to an activating group) is 1. The van der Waals surface area contributed by atoms with E-state index in [0.29, 0.717) is 57.0 Å². The zero-order chi connectivity index (χ0) is 24.2. The average Bonchev–Trinajstić information content (AvgIpc) is 3.22. The highest BCUT2D eigenvalue weighted by Crippen LogP contribution is 2.27. The molecule has 0 N–H and O–H groups in total. The van der Waals surface area contributed by atoms with E-state index in [2.05, 4.69) is 17.0 Å². The summed E-state index contributed by atoms with van der Waals surface area (Å²) in [7, 11) is 2.06. The quantitative estimate of drug-likeness (QED) is 0.647. The van der Waals surface area contributed by atoms with Gasteiger partial charge < -0.3 is 19.4 Å². The van der Waals surface area contributed by atoms with Crippen LogP contribution < -0.4 is 4.74 Å². The van der Waals surface area contributed by atoms with E-state index >= 15 is 0 Å². The van der Waals surface area contributed by atoms with Gasteiger partial charge in [0.25, 0.3) is 5.91 Å². The number of hydrogen-bond acceptors (Lipinski definition) is 5. The van der Waals surface area contributed by atoms with Gasteiger partial charge in [-0.15, -0.1) is 0 Å². The summed E-state index contributed by atoms with van der Waals surface area (Å²) in [4.78, 5) is 32.3. The summed E-state index contributed by atoms with van der Waals surface area (Å²) in [5.41, 5.74) is 1.38. The van der Waals surface area contributed by atoms with Crippen molar-refractivity contribution in [2.24, 2.45) is 5.92 Å². The number of ether oxygens (including phenoxy) is 1. The molecule has 0 saturated carbocycles. The number of benzene rings is 1. The highest BCUT2D eigenvalue weighted by Gasteiger charge is 2.36. The summed E-state index contributed by atoms with van der Waals surface area (Å²) < 4.78 is 21.4. The molecular weight excluding hydrogens is 437 g/mol. The standard InChI is InChI=1S/C25H34FN5O3/c1-4-31-18(2)15-22(27-31)25(33)30-10-9-23(34-21-7-5-20(26)6-8-21)19(17-30)16-24(32)29-13-11-28(3)12-14-29/h5-8,15,19,23H,4,9-14,16-17H2,1-3H3/t19-,23-/m0/s1. The van der Waals surface area contributed by atoms with Crippen molar-refractivity contribution in [3.63, 3.8) is 0 Å². The molecule has 9 heteroatoms. The van der Waals surface area contributed by atoms with Crippen LogP contribution in [0.2, 0.25) is 0 Å². The zero-order valence-corrected chi connectivity index (χ0v) is 20.2. The normalized spacial score (nSPS) is 21.5. The molecule has 2 saturated heterocycles. The van der Waals surface area contributed by atoms with Crippen molar-refractivity contribution in [3.8, 4) is 5.75 Å². The number of rotatable bonds is 6. The molecule has 2 atom stereocenters.